The van der Waals surface area contributed by atoms with Gasteiger partial charge in [0, 0.05) is 0 Å². The van der Waals surface area contributed by atoms with Crippen molar-refractivity contribution in [2.75, 3.05) is 5.32 Å². The Balaban J connectivity index is 2.05. The minimum absolute atomic E-state index is 0.0102. The molecule has 0 saturated carbocycles. The number of aliphatic hydroxyl groups is 1. The molecule has 1 aliphatic rings. The number of alkyl halides is 3. The molecular weight excluding hydrogens is 337 g/mol. The molecule has 0 radical (unpaired) electrons. The van der Waals surface area contributed by atoms with Crippen molar-refractivity contribution >= 4 is 28.7 Å². The summed E-state index contributed by atoms with van der Waals surface area (Å²) in [5.41, 5.74) is -1.51. The number of carbonyl (C=O) groups is 1. The SMILES string of the molecule is CC(C)(O)CC(=O)Nc1nc2ccc(C(F)(F)F)nc2n1C1=CC=C1. The molecule has 0 bridgehead atoms. The molecule has 25 heavy (non-hydrogen) atoms. The van der Waals surface area contributed by atoms with E-state index in [1.807, 2.05) is 0 Å². The van der Waals surface area contributed by atoms with E-state index in [4.69, 9.17) is 0 Å². The van der Waals surface area contributed by atoms with Gasteiger partial charge in [-0.25, -0.2) is 9.97 Å². The standard InChI is InChI=1S/C16H15F3N4O2/c1-15(2,25)8-12(24)22-14-20-10-6-7-11(16(17,18)19)21-13(10)23(14)9-4-3-5-9/h3-7,25H,8H2,1-2H3,(H,20,22,24). The summed E-state index contributed by atoms with van der Waals surface area (Å²) in [6, 6.07) is 2.04. The zero-order chi connectivity index (χ0) is 18.4. The van der Waals surface area contributed by atoms with E-state index in [9.17, 15) is 23.1 Å². The number of nitrogens with zero attached hydrogens (tertiary/aromatic N) is 3. The van der Waals surface area contributed by atoms with Gasteiger partial charge in [0.05, 0.1) is 17.7 Å². The Bertz CT molecular complexity index is 904. The predicted molar refractivity (Wildman–Crippen MR) is 85.5 cm³/mol. The highest BCUT2D eigenvalue weighted by atomic mass is 19.4. The number of nitrogens with one attached hydrogen (secondary N) is 1. The molecule has 1 amide bonds. The number of aromatic nitrogens is 3. The maximum Gasteiger partial charge on any atom is 0.433 e. The van der Waals surface area contributed by atoms with Crippen LogP contribution in [0.3, 0.4) is 0 Å². The highest BCUT2D eigenvalue weighted by Gasteiger charge is 2.33. The Hall–Kier alpha value is -2.68. The van der Waals surface area contributed by atoms with E-state index in [1.165, 1.54) is 24.5 Å². The van der Waals surface area contributed by atoms with E-state index in [-0.39, 0.29) is 23.5 Å². The molecule has 2 N–H and O–H groups in total. The van der Waals surface area contributed by atoms with Gasteiger partial charge in [-0.05, 0) is 38.1 Å². The molecule has 0 fully saturated rings. The fourth-order valence-electron chi connectivity index (χ4n) is 2.34. The lowest BCUT2D eigenvalue weighted by atomic mass is 10.1. The summed E-state index contributed by atoms with van der Waals surface area (Å²) in [5, 5.41) is 12.2. The first-order chi connectivity index (χ1) is 11.5. The first-order valence-corrected chi connectivity index (χ1v) is 7.42. The lowest BCUT2D eigenvalue weighted by Crippen LogP contribution is -2.28. The molecule has 0 aliphatic heterocycles. The van der Waals surface area contributed by atoms with Gasteiger partial charge in [-0.15, -0.1) is 0 Å². The molecule has 9 heteroatoms. The third-order valence-electron chi connectivity index (χ3n) is 3.43. The number of halogens is 3. The number of pyridine rings is 1. The van der Waals surface area contributed by atoms with Gasteiger partial charge in [-0.1, -0.05) is 6.08 Å². The number of rotatable bonds is 4. The number of fused-ring (bicyclic) bond motifs is 1. The smallest absolute Gasteiger partial charge is 0.390 e. The van der Waals surface area contributed by atoms with Crippen LogP contribution >= 0.6 is 0 Å². The van der Waals surface area contributed by atoms with Crippen molar-refractivity contribution in [3.05, 3.63) is 36.1 Å². The van der Waals surface area contributed by atoms with E-state index in [0.717, 1.165) is 6.07 Å². The van der Waals surface area contributed by atoms with Crippen LogP contribution in [0.25, 0.3) is 16.9 Å². The molecule has 0 unspecified atom stereocenters. The minimum Gasteiger partial charge on any atom is -0.390 e. The second-order valence-electron chi connectivity index (χ2n) is 6.30. The molecular formula is C16H15F3N4O2. The van der Waals surface area contributed by atoms with Crippen molar-refractivity contribution in [1.82, 2.24) is 14.5 Å². The molecule has 3 rings (SSSR count). The summed E-state index contributed by atoms with van der Waals surface area (Å²) in [4.78, 5) is 19.9. The van der Waals surface area contributed by atoms with Crippen molar-refractivity contribution in [2.24, 2.45) is 0 Å². The number of allylic oxidation sites excluding steroid dienone is 4. The van der Waals surface area contributed by atoms with Crippen molar-refractivity contribution in [3.8, 4) is 0 Å². The summed E-state index contributed by atoms with van der Waals surface area (Å²) < 4.78 is 40.1. The molecule has 1 aliphatic carbocycles. The zero-order valence-corrected chi connectivity index (χ0v) is 13.4. The van der Waals surface area contributed by atoms with Gasteiger partial charge in [0.25, 0.3) is 0 Å². The molecule has 0 saturated heterocycles. The normalized spacial score (nSPS) is 14.4. The minimum atomic E-state index is -4.59. The maximum atomic E-state index is 12.9. The van der Waals surface area contributed by atoms with Crippen LogP contribution < -0.4 is 5.32 Å². The summed E-state index contributed by atoms with van der Waals surface area (Å²) in [5.74, 6) is -0.462. The Morgan fingerprint density at radius 1 is 1.28 bits per heavy atom. The van der Waals surface area contributed by atoms with Crippen molar-refractivity contribution in [3.63, 3.8) is 0 Å². The van der Waals surface area contributed by atoms with Gasteiger partial charge in [-0.2, -0.15) is 13.2 Å². The fraction of sp³-hybridized carbons (Fsp3) is 0.312. The third-order valence-corrected chi connectivity index (χ3v) is 3.43. The first-order valence-electron chi connectivity index (χ1n) is 7.42. The van der Waals surface area contributed by atoms with Crippen LogP contribution in [0.15, 0.2) is 30.4 Å². The van der Waals surface area contributed by atoms with Crippen LogP contribution in [0.1, 0.15) is 26.0 Å². The number of hydrogen-bond acceptors (Lipinski definition) is 4. The van der Waals surface area contributed by atoms with Crippen molar-refractivity contribution in [1.29, 1.82) is 0 Å². The number of carbonyl (C=O) groups excluding carboxylic acids is 1. The molecule has 132 valence electrons. The second kappa shape index (κ2) is 5.69. The van der Waals surface area contributed by atoms with E-state index in [1.54, 1.807) is 18.2 Å². The quantitative estimate of drug-likeness (QED) is 0.887. The molecule has 0 atom stereocenters. The largest absolute Gasteiger partial charge is 0.433 e. The van der Waals surface area contributed by atoms with Gasteiger partial charge in [0.1, 0.15) is 11.2 Å². The van der Waals surface area contributed by atoms with Gasteiger partial charge in [0.2, 0.25) is 11.9 Å². The number of hydrogen-bond donors (Lipinski definition) is 2. The van der Waals surface area contributed by atoms with Crippen LogP contribution in [-0.4, -0.2) is 31.1 Å². The number of anilines is 1. The number of amides is 1. The summed E-state index contributed by atoms with van der Waals surface area (Å²) in [6.07, 6.45) is 0.254. The Kier molecular flexibility index (Phi) is 3.91. The first kappa shape index (κ1) is 17.2. The van der Waals surface area contributed by atoms with Crippen molar-refractivity contribution < 1.29 is 23.1 Å². The number of imidazole rings is 1. The van der Waals surface area contributed by atoms with E-state index >= 15 is 0 Å². The zero-order valence-electron chi connectivity index (χ0n) is 13.4. The molecule has 2 heterocycles. The summed E-state index contributed by atoms with van der Waals surface area (Å²) in [6.45, 7) is 2.95. The maximum absolute atomic E-state index is 12.9. The van der Waals surface area contributed by atoms with Crippen LogP contribution in [0.4, 0.5) is 19.1 Å². The predicted octanol–water partition coefficient (Wildman–Crippen LogP) is 2.96. The molecule has 2 aromatic heterocycles. The molecule has 2 aromatic rings. The molecule has 6 nitrogen and oxygen atoms in total. The molecule has 0 aromatic carbocycles. The Labute approximate surface area is 140 Å². The van der Waals surface area contributed by atoms with Gasteiger partial charge < -0.3 is 5.11 Å². The lowest BCUT2D eigenvalue weighted by Gasteiger charge is -2.17. The topological polar surface area (TPSA) is 80.0 Å². The average molecular weight is 352 g/mol. The Morgan fingerprint density at radius 2 is 1.96 bits per heavy atom. The fourth-order valence-corrected chi connectivity index (χ4v) is 2.34. The van der Waals surface area contributed by atoms with E-state index in [2.05, 4.69) is 15.3 Å². The monoisotopic (exact) mass is 352 g/mol. The highest BCUT2D eigenvalue weighted by molar-refractivity contribution is 5.94. The van der Waals surface area contributed by atoms with Gasteiger partial charge in [0.15, 0.2) is 5.65 Å². The lowest BCUT2D eigenvalue weighted by molar-refractivity contribution is -0.141. The van der Waals surface area contributed by atoms with E-state index < -0.39 is 23.4 Å². The summed E-state index contributed by atoms with van der Waals surface area (Å²) in [7, 11) is 0. The van der Waals surface area contributed by atoms with Crippen LogP contribution in [0.2, 0.25) is 0 Å². The van der Waals surface area contributed by atoms with Gasteiger partial charge >= 0.3 is 6.18 Å². The highest BCUT2D eigenvalue weighted by Crippen LogP contribution is 2.32. The Morgan fingerprint density at radius 3 is 2.48 bits per heavy atom. The molecule has 0 spiro atoms. The average Bonchev–Trinajstić information content (AvgIpc) is 2.71. The van der Waals surface area contributed by atoms with Crippen LogP contribution in [0.5, 0.6) is 0 Å². The van der Waals surface area contributed by atoms with Crippen LogP contribution in [0, 0.1) is 0 Å². The van der Waals surface area contributed by atoms with Crippen molar-refractivity contribution in [2.45, 2.75) is 32.0 Å². The van der Waals surface area contributed by atoms with Crippen LogP contribution in [-0.2, 0) is 11.0 Å². The van der Waals surface area contributed by atoms with E-state index in [0.29, 0.717) is 5.70 Å². The summed E-state index contributed by atoms with van der Waals surface area (Å²) >= 11 is 0. The second-order valence-corrected chi connectivity index (χ2v) is 6.30. The van der Waals surface area contributed by atoms with Gasteiger partial charge in [-0.3, -0.25) is 14.7 Å². The third kappa shape index (κ3) is 3.55.